The molecular weight excluding hydrogens is 819 g/mol. The maximum absolute atomic E-state index is 6.31. The number of rotatable bonds is 7. The van der Waals surface area contributed by atoms with Crippen LogP contribution in [0.1, 0.15) is 25.0 Å². The van der Waals surface area contributed by atoms with Crippen molar-refractivity contribution in [2.45, 2.75) is 19.3 Å². The van der Waals surface area contributed by atoms with E-state index in [9.17, 15) is 0 Å². The van der Waals surface area contributed by atoms with Gasteiger partial charge in [-0.15, -0.1) is 11.3 Å². The molecule has 0 spiro atoms. The predicted octanol–water partition coefficient (Wildman–Crippen LogP) is 18.4. The minimum absolute atomic E-state index is 0.0502. The molecule has 0 amide bonds. The van der Waals surface area contributed by atoms with Crippen LogP contribution in [0, 0.1) is 0 Å². The Balaban J connectivity index is 0.961. The van der Waals surface area contributed by atoms with Crippen LogP contribution in [0.15, 0.2) is 229 Å². The number of para-hydroxylation sites is 2. The fraction of sp³-hybridized carbons (Fsp3) is 0.0476. The van der Waals surface area contributed by atoms with E-state index in [2.05, 4.69) is 231 Å². The second-order valence-electron chi connectivity index (χ2n) is 18.0. The Labute approximate surface area is 388 Å². The lowest BCUT2D eigenvalue weighted by molar-refractivity contribution is 0.660. The minimum atomic E-state index is -0.0502. The van der Waals surface area contributed by atoms with Gasteiger partial charge in [0.15, 0.2) is 0 Å². The average molecular weight is 862 g/mol. The number of hydrogen-bond acceptors (Lipinski definition) is 3. The second kappa shape index (κ2) is 15.1. The van der Waals surface area contributed by atoms with Gasteiger partial charge in [-0.2, -0.15) is 0 Å². The van der Waals surface area contributed by atoms with Crippen molar-refractivity contribution in [1.82, 2.24) is 0 Å². The van der Waals surface area contributed by atoms with Crippen LogP contribution >= 0.6 is 11.3 Å². The van der Waals surface area contributed by atoms with Crippen molar-refractivity contribution < 1.29 is 4.42 Å². The van der Waals surface area contributed by atoms with Gasteiger partial charge in [0.2, 0.25) is 0 Å². The zero-order chi connectivity index (χ0) is 43.9. The highest BCUT2D eigenvalue weighted by molar-refractivity contribution is 7.26. The van der Waals surface area contributed by atoms with Crippen LogP contribution in [0.2, 0.25) is 0 Å². The molecule has 0 N–H and O–H groups in total. The maximum atomic E-state index is 6.31. The molecule has 12 aromatic rings. The molecule has 1 aliphatic rings. The smallest absolute Gasteiger partial charge is 0.136 e. The van der Waals surface area contributed by atoms with Gasteiger partial charge in [0.1, 0.15) is 11.2 Å². The molecule has 0 fully saturated rings. The first-order valence-corrected chi connectivity index (χ1v) is 23.6. The molecule has 3 heteroatoms. The van der Waals surface area contributed by atoms with E-state index in [1.165, 1.54) is 70.2 Å². The monoisotopic (exact) mass is 861 g/mol. The summed E-state index contributed by atoms with van der Waals surface area (Å²) >= 11 is 1.87. The first kappa shape index (κ1) is 38.5. The molecule has 2 nitrogen and oxygen atoms in total. The Morgan fingerprint density at radius 3 is 1.73 bits per heavy atom. The third-order valence-corrected chi connectivity index (χ3v) is 15.2. The molecule has 0 saturated carbocycles. The van der Waals surface area contributed by atoms with E-state index in [4.69, 9.17) is 4.42 Å². The number of hydrogen-bond donors (Lipinski definition) is 0. The van der Waals surface area contributed by atoms with E-state index in [1.54, 1.807) is 0 Å². The van der Waals surface area contributed by atoms with Gasteiger partial charge in [-0.25, -0.2) is 0 Å². The number of anilines is 3. The summed E-state index contributed by atoms with van der Waals surface area (Å²) < 4.78 is 8.94. The zero-order valence-corrected chi connectivity index (χ0v) is 37.4. The Morgan fingerprint density at radius 1 is 0.379 bits per heavy atom. The fourth-order valence-corrected chi connectivity index (χ4v) is 12.0. The highest BCUT2D eigenvalue weighted by Gasteiger charge is 2.35. The number of nitrogens with zero attached hydrogens (tertiary/aromatic N) is 1. The third-order valence-electron chi connectivity index (χ3n) is 13.9. The largest absolute Gasteiger partial charge is 0.456 e. The molecule has 0 atom stereocenters. The number of fused-ring (bicyclic) bond motifs is 9. The van der Waals surface area contributed by atoms with Crippen molar-refractivity contribution in [1.29, 1.82) is 0 Å². The van der Waals surface area contributed by atoms with E-state index < -0.39 is 0 Å². The van der Waals surface area contributed by atoms with Crippen LogP contribution < -0.4 is 4.90 Å². The molecule has 10 aromatic carbocycles. The first-order valence-electron chi connectivity index (χ1n) is 22.7. The topological polar surface area (TPSA) is 16.4 Å². The highest BCUT2D eigenvalue weighted by Crippen LogP contribution is 2.51. The lowest BCUT2D eigenvalue weighted by Gasteiger charge is -2.29. The van der Waals surface area contributed by atoms with E-state index >= 15 is 0 Å². The van der Waals surface area contributed by atoms with Gasteiger partial charge in [-0.3, -0.25) is 0 Å². The number of furan rings is 1. The molecular formula is C63H43NOS. The molecule has 0 radical (unpaired) electrons. The summed E-state index contributed by atoms with van der Waals surface area (Å²) in [6.45, 7) is 4.69. The van der Waals surface area contributed by atoms with Crippen LogP contribution in [0.25, 0.3) is 97.7 Å². The first-order chi connectivity index (χ1) is 32.5. The predicted molar refractivity (Wildman–Crippen MR) is 281 cm³/mol. The third kappa shape index (κ3) is 6.01. The standard InChI is InChI=1S/C63H43NOS/c1-63(2)55-24-9-5-17-49(55)54-39-42(33-38-56(54)63)45-15-3-4-16-48(45)50-18-6-10-25-57(50)64(43-34-29-40(30-35-43)46-21-14-27-59-61(46)53-20-7-11-26-58(53)65-59)44-36-31-41(32-37-44)47-22-13-23-52-51-19-8-12-28-60(51)66-62(47)52/h3-39H,1-2H3. The Hall–Kier alpha value is -7.98. The zero-order valence-electron chi connectivity index (χ0n) is 36.6. The van der Waals surface area contributed by atoms with Crippen molar-refractivity contribution in [3.05, 3.63) is 236 Å². The van der Waals surface area contributed by atoms with Crippen molar-refractivity contribution in [2.24, 2.45) is 0 Å². The van der Waals surface area contributed by atoms with Crippen LogP contribution in [0.5, 0.6) is 0 Å². The molecule has 312 valence electrons. The molecule has 66 heavy (non-hydrogen) atoms. The second-order valence-corrected chi connectivity index (χ2v) is 19.0. The van der Waals surface area contributed by atoms with Crippen LogP contribution in [0.3, 0.4) is 0 Å². The highest BCUT2D eigenvalue weighted by atomic mass is 32.1. The van der Waals surface area contributed by atoms with Gasteiger partial charge in [0, 0.05) is 53.3 Å². The van der Waals surface area contributed by atoms with E-state index in [0.717, 1.165) is 55.7 Å². The molecule has 0 aliphatic heterocycles. The molecule has 0 unspecified atom stereocenters. The quantitative estimate of drug-likeness (QED) is 0.159. The molecule has 2 heterocycles. The van der Waals surface area contributed by atoms with Crippen molar-refractivity contribution >= 4 is 70.5 Å². The van der Waals surface area contributed by atoms with Gasteiger partial charge in [0.05, 0.1) is 5.69 Å². The van der Waals surface area contributed by atoms with Crippen LogP contribution in [-0.4, -0.2) is 0 Å². The Morgan fingerprint density at radius 2 is 0.924 bits per heavy atom. The molecule has 2 aromatic heterocycles. The number of benzene rings is 10. The summed E-state index contributed by atoms with van der Waals surface area (Å²) in [5.41, 5.74) is 19.9. The summed E-state index contributed by atoms with van der Waals surface area (Å²) in [7, 11) is 0. The normalized spacial score (nSPS) is 12.8. The van der Waals surface area contributed by atoms with Gasteiger partial charge >= 0.3 is 0 Å². The molecule has 0 bridgehead atoms. The summed E-state index contributed by atoms with van der Waals surface area (Å²) in [5, 5.41) is 4.89. The summed E-state index contributed by atoms with van der Waals surface area (Å²) in [5.74, 6) is 0. The van der Waals surface area contributed by atoms with Crippen molar-refractivity contribution in [3.8, 4) is 55.6 Å². The Bertz CT molecular complexity index is 3850. The Kier molecular flexibility index (Phi) is 8.78. The SMILES string of the molecule is CC1(C)c2ccccc2-c2cc(-c3ccccc3-c3ccccc3N(c3ccc(-c4cccc5c4sc4ccccc45)cc3)c3ccc(-c4cccc5oc6ccccc6c45)cc3)ccc21. The summed E-state index contributed by atoms with van der Waals surface area (Å²) in [4.78, 5) is 2.43. The van der Waals surface area contributed by atoms with Gasteiger partial charge in [-0.05, 0) is 116 Å². The lowest BCUT2D eigenvalue weighted by atomic mass is 9.82. The van der Waals surface area contributed by atoms with E-state index in [-0.39, 0.29) is 5.41 Å². The van der Waals surface area contributed by atoms with Gasteiger partial charge in [-0.1, -0.05) is 184 Å². The van der Waals surface area contributed by atoms with Gasteiger partial charge in [0.25, 0.3) is 0 Å². The van der Waals surface area contributed by atoms with Crippen LogP contribution in [0.4, 0.5) is 17.1 Å². The van der Waals surface area contributed by atoms with Gasteiger partial charge < -0.3 is 9.32 Å². The fourth-order valence-electron chi connectivity index (χ4n) is 10.8. The minimum Gasteiger partial charge on any atom is -0.456 e. The summed E-state index contributed by atoms with van der Waals surface area (Å²) in [6.07, 6.45) is 0. The number of thiophene rings is 1. The molecule has 1 aliphatic carbocycles. The molecule has 0 saturated heterocycles. The maximum Gasteiger partial charge on any atom is 0.136 e. The van der Waals surface area contributed by atoms with Crippen molar-refractivity contribution in [2.75, 3.05) is 4.90 Å². The van der Waals surface area contributed by atoms with Crippen LogP contribution in [-0.2, 0) is 5.41 Å². The van der Waals surface area contributed by atoms with Crippen molar-refractivity contribution in [3.63, 3.8) is 0 Å². The van der Waals surface area contributed by atoms with E-state index in [1.807, 2.05) is 23.5 Å². The van der Waals surface area contributed by atoms with E-state index in [0.29, 0.717) is 0 Å². The lowest BCUT2D eigenvalue weighted by Crippen LogP contribution is -2.14. The summed E-state index contributed by atoms with van der Waals surface area (Å²) in [6, 6.07) is 82.1. The molecule has 13 rings (SSSR count). The average Bonchev–Trinajstić information content (AvgIpc) is 4.02.